The second-order valence-corrected chi connectivity index (χ2v) is 7.27. The second kappa shape index (κ2) is 10.5. The van der Waals surface area contributed by atoms with Crippen molar-refractivity contribution in [3.05, 3.63) is 83.2 Å². The SMILES string of the molecule is Clc1ccc(C=Cc2nc(COc3ccc(CCCCn4cncn4)nn3)co2)cc1. The number of rotatable bonds is 10. The highest BCUT2D eigenvalue weighted by molar-refractivity contribution is 6.30. The minimum Gasteiger partial charge on any atom is -0.470 e. The third-order valence-electron chi connectivity index (χ3n) is 4.46. The van der Waals surface area contributed by atoms with Gasteiger partial charge in [-0.2, -0.15) is 10.2 Å². The Bertz CT molecular complexity index is 1090. The summed E-state index contributed by atoms with van der Waals surface area (Å²) in [4.78, 5) is 8.31. The van der Waals surface area contributed by atoms with Gasteiger partial charge in [0.25, 0.3) is 0 Å². The van der Waals surface area contributed by atoms with Crippen molar-refractivity contribution in [3.8, 4) is 5.88 Å². The van der Waals surface area contributed by atoms with Crippen LogP contribution < -0.4 is 4.74 Å². The van der Waals surface area contributed by atoms with Crippen molar-refractivity contribution in [2.24, 2.45) is 0 Å². The van der Waals surface area contributed by atoms with Gasteiger partial charge in [0.1, 0.15) is 31.2 Å². The Morgan fingerprint density at radius 2 is 1.90 bits per heavy atom. The smallest absolute Gasteiger partial charge is 0.233 e. The number of benzene rings is 1. The number of nitrogens with zero attached hydrogens (tertiary/aromatic N) is 6. The van der Waals surface area contributed by atoms with Crippen LogP contribution in [-0.2, 0) is 19.6 Å². The molecule has 158 valence electrons. The molecule has 0 aliphatic rings. The maximum atomic E-state index is 5.89. The van der Waals surface area contributed by atoms with Gasteiger partial charge in [0.2, 0.25) is 11.8 Å². The van der Waals surface area contributed by atoms with Crippen LogP contribution in [-0.4, -0.2) is 29.9 Å². The molecule has 0 N–H and O–H groups in total. The molecule has 0 saturated carbocycles. The lowest BCUT2D eigenvalue weighted by atomic mass is 10.2. The standard InChI is InChI=1S/C22H21ClN6O2/c23-18-7-4-17(5-8-18)6-10-21-26-20(13-30-21)14-31-22-11-9-19(27-28-22)3-1-2-12-29-16-24-15-25-29/h4-11,13,15-16H,1-3,12,14H2. The summed E-state index contributed by atoms with van der Waals surface area (Å²) >= 11 is 5.89. The van der Waals surface area contributed by atoms with E-state index in [0.29, 0.717) is 22.5 Å². The van der Waals surface area contributed by atoms with Gasteiger partial charge in [-0.05, 0) is 49.1 Å². The van der Waals surface area contributed by atoms with Crippen LogP contribution >= 0.6 is 11.6 Å². The van der Waals surface area contributed by atoms with Crippen LogP contribution in [0.5, 0.6) is 5.88 Å². The summed E-state index contributed by atoms with van der Waals surface area (Å²) in [7, 11) is 0. The van der Waals surface area contributed by atoms with Crippen molar-refractivity contribution < 1.29 is 9.15 Å². The Balaban J connectivity index is 1.20. The van der Waals surface area contributed by atoms with Crippen LogP contribution in [0.2, 0.25) is 5.02 Å². The highest BCUT2D eigenvalue weighted by Gasteiger charge is 2.05. The largest absolute Gasteiger partial charge is 0.470 e. The van der Waals surface area contributed by atoms with E-state index in [1.54, 1.807) is 25.0 Å². The van der Waals surface area contributed by atoms with E-state index in [1.165, 1.54) is 0 Å². The minimum atomic E-state index is 0.254. The fourth-order valence-electron chi connectivity index (χ4n) is 2.84. The molecule has 0 amide bonds. The predicted octanol–water partition coefficient (Wildman–Crippen LogP) is 4.48. The van der Waals surface area contributed by atoms with Crippen molar-refractivity contribution in [1.29, 1.82) is 0 Å². The summed E-state index contributed by atoms with van der Waals surface area (Å²) in [5.41, 5.74) is 2.62. The molecular weight excluding hydrogens is 416 g/mol. The van der Waals surface area contributed by atoms with Gasteiger partial charge in [-0.15, -0.1) is 5.10 Å². The summed E-state index contributed by atoms with van der Waals surface area (Å²) in [5, 5.41) is 13.1. The first kappa shape index (κ1) is 20.7. The van der Waals surface area contributed by atoms with E-state index in [9.17, 15) is 0 Å². The molecule has 31 heavy (non-hydrogen) atoms. The van der Waals surface area contributed by atoms with Gasteiger partial charge in [-0.25, -0.2) is 9.97 Å². The lowest BCUT2D eigenvalue weighted by Crippen LogP contribution is -2.02. The molecule has 0 radical (unpaired) electrons. The molecule has 4 rings (SSSR count). The minimum absolute atomic E-state index is 0.254. The molecule has 0 aliphatic heterocycles. The van der Waals surface area contributed by atoms with Crippen molar-refractivity contribution in [2.45, 2.75) is 32.4 Å². The van der Waals surface area contributed by atoms with E-state index in [-0.39, 0.29) is 6.61 Å². The molecular formula is C22H21ClN6O2. The summed E-state index contributed by atoms with van der Waals surface area (Å²) in [6.45, 7) is 1.10. The Morgan fingerprint density at radius 1 is 1.00 bits per heavy atom. The number of unbranched alkanes of at least 4 members (excludes halogenated alkanes) is 1. The molecule has 0 aliphatic carbocycles. The number of halogens is 1. The topological polar surface area (TPSA) is 91.8 Å². The zero-order valence-electron chi connectivity index (χ0n) is 16.8. The Kier molecular flexibility index (Phi) is 7.02. The summed E-state index contributed by atoms with van der Waals surface area (Å²) in [5.74, 6) is 0.952. The Morgan fingerprint density at radius 3 is 2.68 bits per heavy atom. The van der Waals surface area contributed by atoms with E-state index in [2.05, 4.69) is 25.3 Å². The first-order chi connectivity index (χ1) is 15.2. The average molecular weight is 437 g/mol. The molecule has 0 bridgehead atoms. The van der Waals surface area contributed by atoms with Crippen LogP contribution in [0.15, 0.2) is 59.7 Å². The zero-order chi connectivity index (χ0) is 21.3. The zero-order valence-corrected chi connectivity index (χ0v) is 17.5. The third kappa shape index (κ3) is 6.48. The Hall–Kier alpha value is -3.52. The van der Waals surface area contributed by atoms with Gasteiger partial charge in [0, 0.05) is 23.7 Å². The van der Waals surface area contributed by atoms with Crippen LogP contribution in [0.25, 0.3) is 12.2 Å². The van der Waals surface area contributed by atoms with Gasteiger partial charge in [-0.1, -0.05) is 23.7 Å². The molecule has 4 aromatic rings. The fourth-order valence-corrected chi connectivity index (χ4v) is 2.97. The molecule has 1 aromatic carbocycles. The summed E-state index contributed by atoms with van der Waals surface area (Å²) in [6, 6.07) is 11.3. The molecule has 0 fully saturated rings. The van der Waals surface area contributed by atoms with Gasteiger partial charge in [-0.3, -0.25) is 4.68 Å². The highest BCUT2D eigenvalue weighted by atomic mass is 35.5. The first-order valence-electron chi connectivity index (χ1n) is 9.90. The van der Waals surface area contributed by atoms with E-state index in [4.69, 9.17) is 20.8 Å². The molecule has 0 saturated heterocycles. The number of aryl methyl sites for hydroxylation is 2. The lowest BCUT2D eigenvalue weighted by molar-refractivity contribution is 0.285. The highest BCUT2D eigenvalue weighted by Crippen LogP contribution is 2.14. The van der Waals surface area contributed by atoms with Crippen molar-refractivity contribution in [2.75, 3.05) is 0 Å². The molecule has 0 atom stereocenters. The molecule has 8 nitrogen and oxygen atoms in total. The third-order valence-corrected chi connectivity index (χ3v) is 4.71. The fraction of sp³-hybridized carbons (Fsp3) is 0.227. The second-order valence-electron chi connectivity index (χ2n) is 6.83. The van der Waals surface area contributed by atoms with Gasteiger partial charge >= 0.3 is 0 Å². The normalized spacial score (nSPS) is 11.3. The first-order valence-corrected chi connectivity index (χ1v) is 10.3. The summed E-state index contributed by atoms with van der Waals surface area (Å²) in [6.07, 6.45) is 11.4. The monoisotopic (exact) mass is 436 g/mol. The van der Waals surface area contributed by atoms with Crippen molar-refractivity contribution in [3.63, 3.8) is 0 Å². The number of hydrogen-bond donors (Lipinski definition) is 0. The van der Waals surface area contributed by atoms with Crippen LogP contribution in [0.3, 0.4) is 0 Å². The van der Waals surface area contributed by atoms with E-state index < -0.39 is 0 Å². The number of hydrogen-bond acceptors (Lipinski definition) is 7. The molecule has 3 aromatic heterocycles. The summed E-state index contributed by atoms with van der Waals surface area (Å²) < 4.78 is 12.9. The molecule has 9 heteroatoms. The van der Waals surface area contributed by atoms with Gasteiger partial charge in [0.05, 0.1) is 5.69 Å². The average Bonchev–Trinajstić information content (AvgIpc) is 3.48. The van der Waals surface area contributed by atoms with Gasteiger partial charge < -0.3 is 9.15 Å². The van der Waals surface area contributed by atoms with E-state index >= 15 is 0 Å². The van der Waals surface area contributed by atoms with Gasteiger partial charge in [0.15, 0.2) is 0 Å². The predicted molar refractivity (Wildman–Crippen MR) is 116 cm³/mol. The van der Waals surface area contributed by atoms with Crippen LogP contribution in [0.1, 0.15) is 35.7 Å². The van der Waals surface area contributed by atoms with E-state index in [1.807, 2.05) is 47.2 Å². The quantitative estimate of drug-likeness (QED) is 0.338. The van der Waals surface area contributed by atoms with Crippen molar-refractivity contribution in [1.82, 2.24) is 29.9 Å². The van der Waals surface area contributed by atoms with Crippen molar-refractivity contribution >= 4 is 23.8 Å². The van der Waals surface area contributed by atoms with Crippen LogP contribution in [0, 0.1) is 0 Å². The molecule has 0 unspecified atom stereocenters. The number of ether oxygens (including phenoxy) is 1. The Labute approximate surface area is 184 Å². The lowest BCUT2D eigenvalue weighted by Gasteiger charge is -2.04. The molecule has 3 heterocycles. The maximum Gasteiger partial charge on any atom is 0.233 e. The van der Waals surface area contributed by atoms with Crippen LogP contribution in [0.4, 0.5) is 0 Å². The maximum absolute atomic E-state index is 5.89. The van der Waals surface area contributed by atoms with E-state index in [0.717, 1.165) is 37.1 Å². The number of oxazole rings is 1. The number of aromatic nitrogens is 6. The molecule has 0 spiro atoms.